The normalized spacial score (nSPS) is 11.2. The van der Waals surface area contributed by atoms with Gasteiger partial charge in [-0.1, -0.05) is 115 Å². The first kappa shape index (κ1) is 26.1. The van der Waals surface area contributed by atoms with Crippen LogP contribution in [0.3, 0.4) is 0 Å². The summed E-state index contributed by atoms with van der Waals surface area (Å²) in [6.45, 7) is 0. The topological polar surface area (TPSA) is 16.1 Å². The first-order valence-electron chi connectivity index (χ1n) is 14.8. The predicted molar refractivity (Wildman–Crippen MR) is 188 cm³/mol. The van der Waals surface area contributed by atoms with Gasteiger partial charge in [0.15, 0.2) is 0 Å². The number of rotatable bonds is 6. The maximum Gasteiger partial charge on any atom is 0.0467 e. The van der Waals surface area contributed by atoms with Crippen molar-refractivity contribution < 1.29 is 0 Å². The summed E-state index contributed by atoms with van der Waals surface area (Å²) in [5.74, 6) is 0. The smallest absolute Gasteiger partial charge is 0.0467 e. The molecule has 8 aromatic rings. The Hall–Kier alpha value is -5.51. The molecular formula is C41H28N2S. The molecule has 44 heavy (non-hydrogen) atoms. The minimum Gasteiger partial charge on any atom is -0.310 e. The Balaban J connectivity index is 1.24. The molecule has 6 aromatic carbocycles. The molecule has 208 valence electrons. The number of hydrogen-bond donors (Lipinski definition) is 0. The molecule has 0 spiro atoms. The van der Waals surface area contributed by atoms with Crippen LogP contribution in [0.2, 0.25) is 0 Å². The number of nitrogens with zero attached hydrogens (tertiary/aromatic N) is 2. The number of fused-ring (bicyclic) bond motifs is 3. The lowest BCUT2D eigenvalue weighted by Gasteiger charge is -2.26. The Morgan fingerprint density at radius 3 is 1.64 bits per heavy atom. The lowest BCUT2D eigenvalue weighted by molar-refractivity contribution is 1.28. The van der Waals surface area contributed by atoms with Gasteiger partial charge in [-0.05, 0) is 75.8 Å². The van der Waals surface area contributed by atoms with Crippen LogP contribution in [-0.2, 0) is 0 Å². The van der Waals surface area contributed by atoms with E-state index in [0.29, 0.717) is 0 Å². The van der Waals surface area contributed by atoms with E-state index < -0.39 is 0 Å². The average Bonchev–Trinajstić information content (AvgIpc) is 3.49. The number of benzene rings is 6. The zero-order chi connectivity index (χ0) is 29.3. The molecule has 8 rings (SSSR count). The molecule has 0 aliphatic rings. The predicted octanol–water partition coefficient (Wildman–Crippen LogP) is 11.9. The van der Waals surface area contributed by atoms with Gasteiger partial charge in [-0.15, -0.1) is 11.3 Å². The van der Waals surface area contributed by atoms with Gasteiger partial charge in [0, 0.05) is 49.6 Å². The minimum atomic E-state index is 1.11. The lowest BCUT2D eigenvalue weighted by Crippen LogP contribution is -2.10. The van der Waals surface area contributed by atoms with Gasteiger partial charge in [0.05, 0.1) is 0 Å². The summed E-state index contributed by atoms with van der Waals surface area (Å²) in [5.41, 5.74) is 10.6. The van der Waals surface area contributed by atoms with Crippen molar-refractivity contribution in [1.29, 1.82) is 0 Å². The van der Waals surface area contributed by atoms with Crippen molar-refractivity contribution in [2.24, 2.45) is 0 Å². The molecule has 0 radical (unpaired) electrons. The SMILES string of the molecule is c1ccc(-c2ccc(N(c3ccc(-c4ccccc4)cc3)c3cccc(-c4cccc5c4sc4ccncc45)c3)cc2)cc1. The molecule has 3 heteroatoms. The summed E-state index contributed by atoms with van der Waals surface area (Å²) in [7, 11) is 0. The highest BCUT2D eigenvalue weighted by Crippen LogP contribution is 2.42. The van der Waals surface area contributed by atoms with Crippen molar-refractivity contribution in [2.45, 2.75) is 0 Å². The van der Waals surface area contributed by atoms with Crippen LogP contribution in [0.1, 0.15) is 0 Å². The van der Waals surface area contributed by atoms with Crippen molar-refractivity contribution in [2.75, 3.05) is 4.90 Å². The van der Waals surface area contributed by atoms with Crippen LogP contribution >= 0.6 is 11.3 Å². The van der Waals surface area contributed by atoms with Crippen LogP contribution in [0.25, 0.3) is 53.6 Å². The molecular weight excluding hydrogens is 553 g/mol. The number of anilines is 3. The third-order valence-electron chi connectivity index (χ3n) is 8.18. The number of thiophene rings is 1. The molecule has 0 unspecified atom stereocenters. The zero-order valence-electron chi connectivity index (χ0n) is 24.0. The molecule has 0 saturated carbocycles. The van der Waals surface area contributed by atoms with Crippen LogP contribution in [0.5, 0.6) is 0 Å². The standard InChI is InChI=1S/C41H28N2S/c1-3-9-29(10-4-1)31-17-21-34(22-18-31)43(35-23-19-32(20-24-35)30-11-5-2-6-12-30)36-14-7-13-33(27-36)37-15-8-16-38-39-28-42-26-25-40(39)44-41(37)38/h1-28H. The Morgan fingerprint density at radius 2 is 1.00 bits per heavy atom. The third-order valence-corrected chi connectivity index (χ3v) is 9.40. The largest absolute Gasteiger partial charge is 0.310 e. The van der Waals surface area contributed by atoms with Crippen molar-refractivity contribution in [3.8, 4) is 33.4 Å². The number of pyridine rings is 1. The maximum absolute atomic E-state index is 4.39. The van der Waals surface area contributed by atoms with E-state index in [1.54, 1.807) is 0 Å². The first-order valence-corrected chi connectivity index (χ1v) is 15.6. The summed E-state index contributed by atoms with van der Waals surface area (Å²) in [5, 5.41) is 2.47. The van der Waals surface area contributed by atoms with Crippen LogP contribution in [0.4, 0.5) is 17.1 Å². The summed E-state index contributed by atoms with van der Waals surface area (Å²) in [4.78, 5) is 6.74. The van der Waals surface area contributed by atoms with Crippen LogP contribution in [0.15, 0.2) is 170 Å². The van der Waals surface area contributed by atoms with Gasteiger partial charge in [0.1, 0.15) is 0 Å². The van der Waals surface area contributed by atoms with Crippen molar-refractivity contribution in [3.05, 3.63) is 170 Å². The molecule has 0 aliphatic carbocycles. The second kappa shape index (κ2) is 11.3. The van der Waals surface area contributed by atoms with E-state index >= 15 is 0 Å². The second-order valence-electron chi connectivity index (χ2n) is 10.9. The monoisotopic (exact) mass is 580 g/mol. The van der Waals surface area contributed by atoms with Crippen LogP contribution < -0.4 is 4.90 Å². The van der Waals surface area contributed by atoms with Gasteiger partial charge in [0.25, 0.3) is 0 Å². The van der Waals surface area contributed by atoms with Gasteiger partial charge >= 0.3 is 0 Å². The quantitative estimate of drug-likeness (QED) is 0.194. The molecule has 0 saturated heterocycles. The summed E-state index contributed by atoms with van der Waals surface area (Å²) in [6.07, 6.45) is 3.86. The summed E-state index contributed by atoms with van der Waals surface area (Å²) >= 11 is 1.84. The Kier molecular flexibility index (Phi) is 6.71. The van der Waals surface area contributed by atoms with E-state index in [1.807, 2.05) is 23.7 Å². The van der Waals surface area contributed by atoms with E-state index in [0.717, 1.165) is 17.1 Å². The summed E-state index contributed by atoms with van der Waals surface area (Å²) < 4.78 is 2.55. The molecule has 0 aliphatic heterocycles. The molecule has 0 N–H and O–H groups in total. The fraction of sp³-hybridized carbons (Fsp3) is 0. The lowest BCUT2D eigenvalue weighted by atomic mass is 10.0. The van der Waals surface area contributed by atoms with Crippen LogP contribution in [-0.4, -0.2) is 4.98 Å². The Morgan fingerprint density at radius 1 is 0.432 bits per heavy atom. The van der Waals surface area contributed by atoms with Crippen molar-refractivity contribution in [1.82, 2.24) is 4.98 Å². The van der Waals surface area contributed by atoms with Gasteiger partial charge < -0.3 is 4.90 Å². The zero-order valence-corrected chi connectivity index (χ0v) is 24.8. The number of aromatic nitrogens is 1. The first-order chi connectivity index (χ1) is 21.8. The van der Waals surface area contributed by atoms with Crippen molar-refractivity contribution >= 4 is 48.6 Å². The van der Waals surface area contributed by atoms with Crippen molar-refractivity contribution in [3.63, 3.8) is 0 Å². The molecule has 0 amide bonds. The highest BCUT2D eigenvalue weighted by Gasteiger charge is 2.16. The van der Waals surface area contributed by atoms with Crippen LogP contribution in [0, 0.1) is 0 Å². The van der Waals surface area contributed by atoms with Gasteiger partial charge in [0.2, 0.25) is 0 Å². The average molecular weight is 581 g/mol. The molecule has 2 aromatic heterocycles. The molecule has 0 fully saturated rings. The molecule has 0 bridgehead atoms. The fourth-order valence-electron chi connectivity index (χ4n) is 6.00. The van der Waals surface area contributed by atoms with Gasteiger partial charge in [-0.25, -0.2) is 0 Å². The van der Waals surface area contributed by atoms with Gasteiger partial charge in [-0.3, -0.25) is 4.98 Å². The van der Waals surface area contributed by atoms with E-state index in [-0.39, 0.29) is 0 Å². The minimum absolute atomic E-state index is 1.11. The number of hydrogen-bond acceptors (Lipinski definition) is 3. The molecule has 0 atom stereocenters. The van der Waals surface area contributed by atoms with E-state index in [4.69, 9.17) is 0 Å². The van der Waals surface area contributed by atoms with Gasteiger partial charge in [-0.2, -0.15) is 0 Å². The van der Waals surface area contributed by atoms with E-state index in [9.17, 15) is 0 Å². The summed E-state index contributed by atoms with van der Waals surface area (Å²) in [6, 6.07) is 56.4. The maximum atomic E-state index is 4.39. The third kappa shape index (κ3) is 4.84. The van der Waals surface area contributed by atoms with E-state index in [2.05, 4.69) is 168 Å². The fourth-order valence-corrected chi connectivity index (χ4v) is 7.20. The molecule has 2 heterocycles. The highest BCUT2D eigenvalue weighted by molar-refractivity contribution is 7.26. The Bertz CT molecular complexity index is 2120. The second-order valence-corrected chi connectivity index (χ2v) is 11.9. The Labute approximate surface area is 261 Å². The van der Waals surface area contributed by atoms with E-state index in [1.165, 1.54) is 53.6 Å². The highest BCUT2D eigenvalue weighted by atomic mass is 32.1. The molecule has 2 nitrogen and oxygen atoms in total.